The summed E-state index contributed by atoms with van der Waals surface area (Å²) in [5.74, 6) is -0.254. The third kappa shape index (κ3) is 5.27. The Labute approximate surface area is 144 Å². The number of aryl methyl sites for hydroxylation is 1. The van der Waals surface area contributed by atoms with Gasteiger partial charge in [0.2, 0.25) is 0 Å². The molecule has 128 valence electrons. The highest BCUT2D eigenvalue weighted by Crippen LogP contribution is 2.26. The van der Waals surface area contributed by atoms with Crippen LogP contribution in [0, 0.1) is 6.92 Å². The maximum Gasteiger partial charge on any atom is 0.281 e. The third-order valence-corrected chi connectivity index (χ3v) is 4.62. The van der Waals surface area contributed by atoms with E-state index in [1.54, 1.807) is 7.11 Å². The molecule has 1 aliphatic rings. The van der Waals surface area contributed by atoms with Crippen LogP contribution >= 0.6 is 23.6 Å². The van der Waals surface area contributed by atoms with Crippen LogP contribution in [0.5, 0.6) is 0 Å². The fourth-order valence-electron chi connectivity index (χ4n) is 1.96. The van der Waals surface area contributed by atoms with E-state index in [2.05, 4.69) is 26.1 Å². The minimum atomic E-state index is -0.254. The van der Waals surface area contributed by atoms with Gasteiger partial charge in [-0.1, -0.05) is 11.3 Å². The van der Waals surface area contributed by atoms with Gasteiger partial charge in [-0.15, -0.1) is 0 Å². The van der Waals surface area contributed by atoms with Gasteiger partial charge in [0.15, 0.2) is 10.2 Å². The maximum absolute atomic E-state index is 12.2. The number of nitrogens with one attached hydrogen (secondary N) is 3. The SMILES string of the molecule is COCCNC(=S)NNC(=O)c1sc(N2CCOCC2)nc1C. The highest BCUT2D eigenvalue weighted by Gasteiger charge is 2.20. The first-order valence-corrected chi connectivity index (χ1v) is 8.47. The molecule has 1 amide bonds. The van der Waals surface area contributed by atoms with E-state index < -0.39 is 0 Å². The number of thiazole rings is 1. The highest BCUT2D eigenvalue weighted by molar-refractivity contribution is 7.80. The van der Waals surface area contributed by atoms with Crippen molar-refractivity contribution in [1.29, 1.82) is 0 Å². The van der Waals surface area contributed by atoms with Crippen molar-refractivity contribution in [2.75, 3.05) is 51.5 Å². The second-order valence-electron chi connectivity index (χ2n) is 4.84. The van der Waals surface area contributed by atoms with Crippen molar-refractivity contribution in [3.8, 4) is 0 Å². The molecule has 0 aliphatic carbocycles. The van der Waals surface area contributed by atoms with E-state index in [1.165, 1.54) is 11.3 Å². The number of methoxy groups -OCH3 is 1. The Morgan fingerprint density at radius 2 is 2.17 bits per heavy atom. The van der Waals surface area contributed by atoms with Gasteiger partial charge in [-0.25, -0.2) is 4.98 Å². The van der Waals surface area contributed by atoms with Crippen molar-refractivity contribution in [2.24, 2.45) is 0 Å². The molecular formula is C13H21N5O3S2. The summed E-state index contributed by atoms with van der Waals surface area (Å²) < 4.78 is 10.2. The predicted octanol–water partition coefficient (Wildman–Crippen LogP) is 0.0434. The van der Waals surface area contributed by atoms with Crippen LogP contribution in [0.3, 0.4) is 0 Å². The Hall–Kier alpha value is -1.49. The van der Waals surface area contributed by atoms with Gasteiger partial charge in [-0.3, -0.25) is 15.6 Å². The Balaban J connectivity index is 1.86. The Kier molecular flexibility index (Phi) is 6.96. The quantitative estimate of drug-likeness (QED) is 0.386. The average Bonchev–Trinajstić information content (AvgIpc) is 2.96. The lowest BCUT2D eigenvalue weighted by Crippen LogP contribution is -2.47. The van der Waals surface area contributed by atoms with Gasteiger partial charge in [0, 0.05) is 26.7 Å². The molecule has 1 aromatic heterocycles. The lowest BCUT2D eigenvalue weighted by molar-refractivity contribution is 0.0947. The first-order valence-electron chi connectivity index (χ1n) is 7.25. The average molecular weight is 359 g/mol. The van der Waals surface area contributed by atoms with E-state index in [0.29, 0.717) is 42.0 Å². The zero-order chi connectivity index (χ0) is 16.7. The van der Waals surface area contributed by atoms with Crippen LogP contribution in [-0.2, 0) is 9.47 Å². The number of amides is 1. The molecule has 2 rings (SSSR count). The van der Waals surface area contributed by atoms with Crippen molar-refractivity contribution in [3.63, 3.8) is 0 Å². The summed E-state index contributed by atoms with van der Waals surface area (Å²) in [6.45, 7) is 5.88. The first kappa shape index (κ1) is 17.9. The van der Waals surface area contributed by atoms with Crippen LogP contribution in [0.4, 0.5) is 5.13 Å². The van der Waals surface area contributed by atoms with Crippen molar-refractivity contribution >= 4 is 39.7 Å². The smallest absolute Gasteiger partial charge is 0.281 e. The van der Waals surface area contributed by atoms with E-state index >= 15 is 0 Å². The summed E-state index contributed by atoms with van der Waals surface area (Å²) in [6.07, 6.45) is 0. The molecule has 0 aromatic carbocycles. The molecule has 0 unspecified atom stereocenters. The number of anilines is 1. The number of aromatic nitrogens is 1. The molecule has 1 aromatic rings. The largest absolute Gasteiger partial charge is 0.383 e. The summed E-state index contributed by atoms with van der Waals surface area (Å²) in [5.41, 5.74) is 5.95. The number of ether oxygens (including phenoxy) is 2. The van der Waals surface area contributed by atoms with Crippen LogP contribution in [0.25, 0.3) is 0 Å². The molecule has 1 fully saturated rings. The van der Waals surface area contributed by atoms with Gasteiger partial charge < -0.3 is 19.7 Å². The first-order chi connectivity index (χ1) is 11.1. The number of hydrazine groups is 1. The van der Waals surface area contributed by atoms with Crippen LogP contribution in [0.15, 0.2) is 0 Å². The van der Waals surface area contributed by atoms with E-state index in [-0.39, 0.29) is 5.91 Å². The Morgan fingerprint density at radius 1 is 1.43 bits per heavy atom. The van der Waals surface area contributed by atoms with Gasteiger partial charge in [0.25, 0.3) is 5.91 Å². The maximum atomic E-state index is 12.2. The second kappa shape index (κ2) is 8.96. The molecule has 1 saturated heterocycles. The number of thiocarbonyl (C=S) groups is 1. The number of hydrogen-bond donors (Lipinski definition) is 3. The van der Waals surface area contributed by atoms with Gasteiger partial charge in [-0.05, 0) is 19.1 Å². The molecule has 8 nitrogen and oxygen atoms in total. The van der Waals surface area contributed by atoms with E-state index in [9.17, 15) is 4.79 Å². The molecular weight excluding hydrogens is 338 g/mol. The Bertz CT molecular complexity index is 546. The number of carbonyl (C=O) groups is 1. The second-order valence-corrected chi connectivity index (χ2v) is 6.22. The summed E-state index contributed by atoms with van der Waals surface area (Å²) in [5, 5.41) is 4.09. The molecule has 1 aliphatic heterocycles. The highest BCUT2D eigenvalue weighted by atomic mass is 32.1. The van der Waals surface area contributed by atoms with Gasteiger partial charge >= 0.3 is 0 Å². The summed E-state index contributed by atoms with van der Waals surface area (Å²) in [7, 11) is 1.61. The van der Waals surface area contributed by atoms with Crippen molar-refractivity contribution < 1.29 is 14.3 Å². The van der Waals surface area contributed by atoms with E-state index in [0.717, 1.165) is 18.2 Å². The predicted molar refractivity (Wildman–Crippen MR) is 93.0 cm³/mol. The molecule has 3 N–H and O–H groups in total. The van der Waals surface area contributed by atoms with Gasteiger partial charge in [0.1, 0.15) is 4.88 Å². The lowest BCUT2D eigenvalue weighted by Gasteiger charge is -2.25. The lowest BCUT2D eigenvalue weighted by atomic mass is 10.4. The third-order valence-electron chi connectivity index (χ3n) is 3.15. The molecule has 0 saturated carbocycles. The molecule has 0 atom stereocenters. The van der Waals surface area contributed by atoms with Gasteiger partial charge in [0.05, 0.1) is 25.5 Å². The fraction of sp³-hybridized carbons (Fsp3) is 0.615. The fourth-order valence-corrected chi connectivity index (χ4v) is 3.13. The molecule has 0 spiro atoms. The monoisotopic (exact) mass is 359 g/mol. The number of nitrogens with zero attached hydrogens (tertiary/aromatic N) is 2. The van der Waals surface area contributed by atoms with Gasteiger partial charge in [-0.2, -0.15) is 0 Å². The summed E-state index contributed by atoms with van der Waals surface area (Å²) in [4.78, 5) is 19.4. The van der Waals surface area contributed by atoms with Crippen molar-refractivity contribution in [1.82, 2.24) is 21.2 Å². The van der Waals surface area contributed by atoms with Crippen LogP contribution in [0.1, 0.15) is 15.4 Å². The van der Waals surface area contributed by atoms with E-state index in [4.69, 9.17) is 21.7 Å². The normalized spacial score (nSPS) is 14.4. The van der Waals surface area contributed by atoms with Crippen LogP contribution < -0.4 is 21.1 Å². The molecule has 0 radical (unpaired) electrons. The topological polar surface area (TPSA) is 87.8 Å². The minimum absolute atomic E-state index is 0.254. The van der Waals surface area contributed by atoms with Crippen molar-refractivity contribution in [2.45, 2.75) is 6.92 Å². The zero-order valence-electron chi connectivity index (χ0n) is 13.2. The van der Waals surface area contributed by atoms with E-state index in [1.807, 2.05) is 6.92 Å². The summed E-state index contributed by atoms with van der Waals surface area (Å²) in [6, 6.07) is 0. The molecule has 0 bridgehead atoms. The summed E-state index contributed by atoms with van der Waals surface area (Å²) >= 11 is 6.42. The number of carbonyl (C=O) groups excluding carboxylic acids is 1. The molecule has 23 heavy (non-hydrogen) atoms. The molecule has 2 heterocycles. The Morgan fingerprint density at radius 3 is 2.87 bits per heavy atom. The van der Waals surface area contributed by atoms with Crippen molar-refractivity contribution in [3.05, 3.63) is 10.6 Å². The standard InChI is InChI=1S/C13H21N5O3S2/c1-9-10(11(19)16-17-12(22)14-3-6-20-2)23-13(15-9)18-4-7-21-8-5-18/h3-8H2,1-2H3,(H,16,19)(H2,14,17,22). The number of rotatable bonds is 5. The van der Waals surface area contributed by atoms with Crippen LogP contribution in [0.2, 0.25) is 0 Å². The van der Waals surface area contributed by atoms with Crippen LogP contribution in [-0.4, -0.2) is 62.6 Å². The minimum Gasteiger partial charge on any atom is -0.383 e. The number of morpholine rings is 1. The molecule has 10 heteroatoms. The zero-order valence-corrected chi connectivity index (χ0v) is 14.8. The number of hydrogen-bond acceptors (Lipinski definition) is 7.